The van der Waals surface area contributed by atoms with Crippen LogP contribution < -0.4 is 5.73 Å². The van der Waals surface area contributed by atoms with Gasteiger partial charge in [-0.1, -0.05) is 26.0 Å². The van der Waals surface area contributed by atoms with Crippen LogP contribution in [0.4, 0.5) is 17.6 Å². The summed E-state index contributed by atoms with van der Waals surface area (Å²) in [5.74, 6) is -0.420. The summed E-state index contributed by atoms with van der Waals surface area (Å²) in [7, 11) is 0. The molecule has 0 aliphatic rings. The van der Waals surface area contributed by atoms with Gasteiger partial charge in [0.25, 0.3) is 0 Å². The summed E-state index contributed by atoms with van der Waals surface area (Å²) < 4.78 is 50.9. The predicted octanol–water partition coefficient (Wildman–Crippen LogP) is 3.49. The maximum Gasteiger partial charge on any atom is 0.401 e. The first kappa shape index (κ1) is 16.9. The Bertz CT molecular complexity index is 403. The standard InChI is InChI=1S/C14H20F4N2/c1-3-12(19)13(10-5-7-11(15)8-6-10)20(4-2)9-14(16,17)18/h5-8,12-13H,3-4,9,19H2,1-2H3. The summed E-state index contributed by atoms with van der Waals surface area (Å²) in [5, 5.41) is 0. The second-order valence-electron chi connectivity index (χ2n) is 4.75. The lowest BCUT2D eigenvalue weighted by Gasteiger charge is -2.35. The number of hydrogen-bond donors (Lipinski definition) is 1. The molecule has 0 heterocycles. The number of alkyl halides is 3. The van der Waals surface area contributed by atoms with Gasteiger partial charge in [0.2, 0.25) is 0 Å². The molecule has 0 amide bonds. The molecule has 20 heavy (non-hydrogen) atoms. The molecule has 2 nitrogen and oxygen atoms in total. The highest BCUT2D eigenvalue weighted by atomic mass is 19.4. The Hall–Kier alpha value is -1.14. The van der Waals surface area contributed by atoms with Crippen molar-refractivity contribution in [2.45, 2.75) is 38.5 Å². The third kappa shape index (κ3) is 4.76. The topological polar surface area (TPSA) is 29.3 Å². The Morgan fingerprint density at radius 2 is 1.70 bits per heavy atom. The van der Waals surface area contributed by atoms with Crippen LogP contribution in [-0.2, 0) is 0 Å². The number of rotatable bonds is 6. The maximum absolute atomic E-state index is 13.0. The molecule has 2 unspecified atom stereocenters. The second-order valence-corrected chi connectivity index (χ2v) is 4.75. The van der Waals surface area contributed by atoms with Gasteiger partial charge < -0.3 is 5.73 Å². The molecule has 0 radical (unpaired) electrons. The first-order valence-electron chi connectivity index (χ1n) is 6.60. The smallest absolute Gasteiger partial charge is 0.326 e. The first-order valence-corrected chi connectivity index (χ1v) is 6.60. The number of halogens is 4. The van der Waals surface area contributed by atoms with Crippen LogP contribution >= 0.6 is 0 Å². The lowest BCUT2D eigenvalue weighted by Crippen LogP contribution is -2.44. The highest BCUT2D eigenvalue weighted by Gasteiger charge is 2.35. The van der Waals surface area contributed by atoms with Gasteiger partial charge in [-0.3, -0.25) is 4.90 Å². The van der Waals surface area contributed by atoms with Gasteiger partial charge in [-0.25, -0.2) is 4.39 Å². The summed E-state index contributed by atoms with van der Waals surface area (Å²) in [6.07, 6.45) is -3.75. The normalized spacial score (nSPS) is 15.4. The maximum atomic E-state index is 13.0. The molecule has 1 aromatic carbocycles. The predicted molar refractivity (Wildman–Crippen MR) is 70.7 cm³/mol. The Balaban J connectivity index is 3.07. The number of nitrogens with two attached hydrogens (primary N) is 1. The molecule has 0 bridgehead atoms. The van der Waals surface area contributed by atoms with Gasteiger partial charge in [-0.2, -0.15) is 13.2 Å². The summed E-state index contributed by atoms with van der Waals surface area (Å²) in [5.41, 5.74) is 6.58. The van der Waals surface area contributed by atoms with Gasteiger partial charge in [-0.15, -0.1) is 0 Å². The molecule has 6 heteroatoms. The van der Waals surface area contributed by atoms with E-state index < -0.39 is 30.6 Å². The SMILES string of the molecule is CCC(N)C(c1ccc(F)cc1)N(CC)CC(F)(F)F. The molecule has 2 N–H and O–H groups in total. The van der Waals surface area contributed by atoms with E-state index in [-0.39, 0.29) is 6.54 Å². The van der Waals surface area contributed by atoms with E-state index in [1.807, 2.05) is 6.92 Å². The Morgan fingerprint density at radius 1 is 1.15 bits per heavy atom. The summed E-state index contributed by atoms with van der Waals surface area (Å²) in [6, 6.07) is 4.46. The first-order chi connectivity index (χ1) is 9.28. The van der Waals surface area contributed by atoms with E-state index in [9.17, 15) is 17.6 Å². The zero-order chi connectivity index (χ0) is 15.3. The highest BCUT2D eigenvalue weighted by molar-refractivity contribution is 5.21. The highest BCUT2D eigenvalue weighted by Crippen LogP contribution is 2.28. The van der Waals surface area contributed by atoms with Gasteiger partial charge in [0.15, 0.2) is 0 Å². The summed E-state index contributed by atoms with van der Waals surface area (Å²) >= 11 is 0. The van der Waals surface area contributed by atoms with E-state index in [0.29, 0.717) is 12.0 Å². The van der Waals surface area contributed by atoms with E-state index in [0.717, 1.165) is 0 Å². The average Bonchev–Trinajstić information content (AvgIpc) is 2.38. The van der Waals surface area contributed by atoms with Gasteiger partial charge in [0.05, 0.1) is 12.6 Å². The van der Waals surface area contributed by atoms with E-state index >= 15 is 0 Å². The zero-order valence-corrected chi connectivity index (χ0v) is 11.6. The Labute approximate surface area is 116 Å². The molecule has 0 spiro atoms. The summed E-state index contributed by atoms with van der Waals surface area (Å²) in [6.45, 7) is 2.67. The number of benzene rings is 1. The molecular weight excluding hydrogens is 272 g/mol. The van der Waals surface area contributed by atoms with Crippen molar-refractivity contribution in [2.75, 3.05) is 13.1 Å². The third-order valence-corrected chi connectivity index (χ3v) is 3.27. The lowest BCUT2D eigenvalue weighted by molar-refractivity contribution is -0.151. The van der Waals surface area contributed by atoms with Crippen molar-refractivity contribution in [2.24, 2.45) is 5.73 Å². The average molecular weight is 292 g/mol. The monoisotopic (exact) mass is 292 g/mol. The van der Waals surface area contributed by atoms with Gasteiger partial charge >= 0.3 is 6.18 Å². The molecule has 0 aliphatic heterocycles. The van der Waals surface area contributed by atoms with Crippen molar-refractivity contribution in [1.29, 1.82) is 0 Å². The van der Waals surface area contributed by atoms with Crippen LogP contribution in [0.15, 0.2) is 24.3 Å². The fraction of sp³-hybridized carbons (Fsp3) is 0.571. The van der Waals surface area contributed by atoms with Crippen molar-refractivity contribution in [3.8, 4) is 0 Å². The van der Waals surface area contributed by atoms with Crippen LogP contribution in [0.2, 0.25) is 0 Å². The van der Waals surface area contributed by atoms with Crippen LogP contribution in [-0.4, -0.2) is 30.2 Å². The molecule has 1 rings (SSSR count). The van der Waals surface area contributed by atoms with Crippen LogP contribution in [0.1, 0.15) is 31.9 Å². The van der Waals surface area contributed by atoms with E-state index in [4.69, 9.17) is 5.73 Å². The summed E-state index contributed by atoms with van der Waals surface area (Å²) in [4.78, 5) is 1.28. The molecule has 2 atom stereocenters. The number of hydrogen-bond acceptors (Lipinski definition) is 2. The molecule has 1 aromatic rings. The lowest BCUT2D eigenvalue weighted by atomic mass is 9.96. The fourth-order valence-electron chi connectivity index (χ4n) is 2.25. The van der Waals surface area contributed by atoms with Crippen LogP contribution in [0.5, 0.6) is 0 Å². The van der Waals surface area contributed by atoms with E-state index in [1.165, 1.54) is 29.2 Å². The molecule has 0 saturated carbocycles. The van der Waals surface area contributed by atoms with E-state index in [2.05, 4.69) is 0 Å². The van der Waals surface area contributed by atoms with Crippen LogP contribution in [0.25, 0.3) is 0 Å². The zero-order valence-electron chi connectivity index (χ0n) is 11.6. The molecular formula is C14H20F4N2. The molecule has 0 aliphatic carbocycles. The van der Waals surface area contributed by atoms with Crippen molar-refractivity contribution < 1.29 is 17.6 Å². The minimum Gasteiger partial charge on any atom is -0.326 e. The van der Waals surface area contributed by atoms with Crippen molar-refractivity contribution in [3.63, 3.8) is 0 Å². The van der Waals surface area contributed by atoms with Gasteiger partial charge in [-0.05, 0) is 30.7 Å². The molecule has 0 saturated heterocycles. The Morgan fingerprint density at radius 3 is 2.10 bits per heavy atom. The minimum atomic E-state index is -4.29. The largest absolute Gasteiger partial charge is 0.401 e. The third-order valence-electron chi connectivity index (χ3n) is 3.27. The van der Waals surface area contributed by atoms with Gasteiger partial charge in [0.1, 0.15) is 5.82 Å². The number of nitrogens with zero attached hydrogens (tertiary/aromatic N) is 1. The minimum absolute atomic E-state index is 0.218. The second kappa shape index (κ2) is 7.04. The quantitative estimate of drug-likeness (QED) is 0.813. The molecule has 0 aromatic heterocycles. The molecule has 114 valence electrons. The van der Waals surface area contributed by atoms with Gasteiger partial charge in [0, 0.05) is 6.04 Å². The van der Waals surface area contributed by atoms with Crippen molar-refractivity contribution in [1.82, 2.24) is 4.90 Å². The number of likely N-dealkylation sites (N-methyl/N-ethyl adjacent to an activating group) is 1. The van der Waals surface area contributed by atoms with Crippen molar-refractivity contribution >= 4 is 0 Å². The Kier molecular flexibility index (Phi) is 5.95. The van der Waals surface area contributed by atoms with Crippen LogP contribution in [0, 0.1) is 5.82 Å². The van der Waals surface area contributed by atoms with Crippen LogP contribution in [0.3, 0.4) is 0 Å². The van der Waals surface area contributed by atoms with E-state index in [1.54, 1.807) is 6.92 Å². The van der Waals surface area contributed by atoms with Crippen molar-refractivity contribution in [3.05, 3.63) is 35.6 Å². The molecule has 0 fully saturated rings. The fourth-order valence-corrected chi connectivity index (χ4v) is 2.25.